The average Bonchev–Trinajstić information content (AvgIpc) is 3.35. The molecule has 2 aliphatic rings. The average molecular weight is 980 g/mol. The number of sulfonamides is 2. The number of carbonyl (C=O) groups is 2. The maximum atomic E-state index is 13.1. The van der Waals surface area contributed by atoms with Gasteiger partial charge in [0, 0.05) is 53.2 Å². The number of carbonyl (C=O) groups excluding carboxylic acids is 2. The zero-order valence-corrected chi connectivity index (χ0v) is 40.0. The number of pyridine rings is 2. The fourth-order valence-electron chi connectivity index (χ4n) is 8.66. The molecule has 0 spiro atoms. The van der Waals surface area contributed by atoms with Gasteiger partial charge in [-0.05, 0) is 159 Å². The molecule has 17 heteroatoms. The van der Waals surface area contributed by atoms with Crippen molar-refractivity contribution < 1.29 is 45.1 Å². The van der Waals surface area contributed by atoms with Crippen LogP contribution >= 0.6 is 0 Å². The predicted molar refractivity (Wildman–Crippen MR) is 257 cm³/mol. The highest BCUT2D eigenvalue weighted by molar-refractivity contribution is 7.89. The Morgan fingerprint density at radius 3 is 1.22 bits per heavy atom. The zero-order chi connectivity index (χ0) is 49.1. The Morgan fingerprint density at radius 1 is 0.522 bits per heavy atom. The van der Waals surface area contributed by atoms with E-state index in [4.69, 9.17) is 0 Å². The largest absolute Gasteiger partial charge is 0.349 e. The van der Waals surface area contributed by atoms with Crippen LogP contribution in [0.25, 0.3) is 22.3 Å². The number of nitrogens with one attached hydrogen (secondary N) is 4. The summed E-state index contributed by atoms with van der Waals surface area (Å²) in [6.45, 7) is 3.72. The molecule has 2 aliphatic carbocycles. The van der Waals surface area contributed by atoms with Crippen LogP contribution in [0.3, 0.4) is 0 Å². The van der Waals surface area contributed by atoms with Crippen molar-refractivity contribution in [1.29, 1.82) is 0 Å². The minimum absolute atomic E-state index is 0.0511. The van der Waals surface area contributed by atoms with Crippen LogP contribution in [-0.4, -0.2) is 50.9 Å². The number of hydrogen-bond donors (Lipinski definition) is 5. The molecule has 5 N–H and O–H groups in total. The van der Waals surface area contributed by atoms with Crippen molar-refractivity contribution in [1.82, 2.24) is 25.1 Å². The van der Waals surface area contributed by atoms with Crippen LogP contribution < -0.4 is 24.8 Å². The molecule has 2 atom stereocenters. The van der Waals surface area contributed by atoms with Crippen molar-refractivity contribution in [2.24, 2.45) is 11.8 Å². The smallest absolute Gasteiger partial charge is 0.240 e. The summed E-state index contributed by atoms with van der Waals surface area (Å²) in [7, 11) is -7.34. The van der Waals surface area contributed by atoms with Gasteiger partial charge in [0.2, 0.25) is 44.3 Å². The van der Waals surface area contributed by atoms with Crippen LogP contribution in [0.2, 0.25) is 0 Å². The Kier molecular flexibility index (Phi) is 16.7. The Morgan fingerprint density at radius 2 is 0.855 bits per heavy atom. The first-order chi connectivity index (χ1) is 33.0. The summed E-state index contributed by atoms with van der Waals surface area (Å²) >= 11 is 0. The van der Waals surface area contributed by atoms with Gasteiger partial charge >= 0.3 is 0 Å². The number of nitrogens with zero attached hydrogens (tertiary/aromatic N) is 2. The number of rotatable bonds is 14. The van der Waals surface area contributed by atoms with Crippen molar-refractivity contribution in [2.75, 3.05) is 0 Å². The molecule has 0 radical (unpaired) electrons. The molecule has 2 fully saturated rings. The van der Waals surface area contributed by atoms with Crippen molar-refractivity contribution in [2.45, 2.75) is 99.2 Å². The maximum Gasteiger partial charge on any atom is 0.240 e. The molecule has 2 aromatic heterocycles. The summed E-state index contributed by atoms with van der Waals surface area (Å²) < 4.78 is 84.2. The highest BCUT2D eigenvalue weighted by Crippen LogP contribution is 2.30. The summed E-state index contributed by atoms with van der Waals surface area (Å²) in [4.78, 5) is 29.8. The molecule has 69 heavy (non-hydrogen) atoms. The van der Waals surface area contributed by atoms with Crippen molar-refractivity contribution in [3.05, 3.63) is 169 Å². The van der Waals surface area contributed by atoms with Crippen LogP contribution in [0.15, 0.2) is 156 Å². The minimum atomic E-state index is -3.69. The van der Waals surface area contributed by atoms with E-state index in [0.29, 0.717) is 51.4 Å². The lowest BCUT2D eigenvalue weighted by molar-refractivity contribution is -0.904. The molecule has 4 aromatic carbocycles. The Bertz CT molecular complexity index is 2860. The molecule has 6 aromatic rings. The molecule has 13 nitrogen and oxygen atoms in total. The van der Waals surface area contributed by atoms with E-state index in [2.05, 4.69) is 25.1 Å². The van der Waals surface area contributed by atoms with E-state index in [1.807, 2.05) is 26.0 Å². The Labute approximate surface area is 402 Å². The highest BCUT2D eigenvalue weighted by atomic mass is 32.2. The number of hydrogen-bond acceptors (Lipinski definition) is 8. The first-order valence-electron chi connectivity index (χ1n) is 23.0. The lowest BCUT2D eigenvalue weighted by Crippen LogP contribution is -2.41. The zero-order valence-electron chi connectivity index (χ0n) is 38.3. The molecule has 0 saturated heterocycles. The summed E-state index contributed by atoms with van der Waals surface area (Å²) in [5.74, 6) is -1.09. The summed E-state index contributed by atoms with van der Waals surface area (Å²) in [6.07, 6.45) is 11.1. The topological polar surface area (TPSA) is 188 Å². The summed E-state index contributed by atoms with van der Waals surface area (Å²) in [6, 6.07) is 31.8. The second-order valence-electron chi connectivity index (χ2n) is 17.7. The number of aromatic nitrogens is 2. The van der Waals surface area contributed by atoms with Gasteiger partial charge in [0.1, 0.15) is 11.6 Å². The van der Waals surface area contributed by atoms with Gasteiger partial charge in [-0.3, -0.25) is 19.8 Å². The molecule has 2 heterocycles. The van der Waals surface area contributed by atoms with Crippen molar-refractivity contribution in [3.63, 3.8) is 0 Å². The van der Waals surface area contributed by atoms with E-state index < -0.39 is 20.0 Å². The monoisotopic (exact) mass is 979 g/mol. The SMILES string of the molecule is C[C@@H](NC(=O)C1CCC(NS(=O)(=O)c2ccc(-c3cc[n+](O)cc3)cc2)CC1)c1ccc(F)cc1.C[C@@H](NC(=O)C1CCC(NS(=O)(=O)c2ccc(-c3ccncc3)cc2)CC1)c1ccc(F)cc1. The lowest BCUT2D eigenvalue weighted by atomic mass is 9.85. The van der Waals surface area contributed by atoms with Gasteiger partial charge in [0.25, 0.3) is 0 Å². The maximum absolute atomic E-state index is 13.1. The number of amides is 2. The van der Waals surface area contributed by atoms with Crippen LogP contribution in [0.4, 0.5) is 8.78 Å². The van der Waals surface area contributed by atoms with Crippen LogP contribution in [0, 0.1) is 23.5 Å². The minimum Gasteiger partial charge on any atom is -0.349 e. The molecule has 2 amide bonds. The molecule has 362 valence electrons. The standard InChI is InChI=1S/C26H28FN3O4S.C26H28FN3O3S/c1-18(19-2-8-23(27)9-3-19)28-26(31)22-4-10-24(11-5-22)29-35(33,34)25-12-6-20(7-13-25)21-14-16-30(32)17-15-21;1-18(19-2-8-23(27)9-3-19)29-26(31)22-4-10-24(11-5-22)30-34(32,33)25-12-6-20(7-13-25)21-14-16-28-17-15-21/h2-3,6-9,12-18,22,24,29H,4-5,10-11H2,1H3,(H-,28,31,32);2-3,6-9,12-18,22,24,30H,4-5,10-11H2,1H3,(H,29,31)/p+1/t2*18-,22?,24?/m11/s1. The van der Waals surface area contributed by atoms with E-state index in [9.17, 15) is 40.4 Å². The molecular formula is C52H57F2N6O7S2+. The van der Waals surface area contributed by atoms with Crippen molar-refractivity contribution >= 4 is 31.9 Å². The molecule has 2 saturated carbocycles. The van der Waals surface area contributed by atoms with Gasteiger partial charge < -0.3 is 10.6 Å². The lowest BCUT2D eigenvalue weighted by Gasteiger charge is -2.29. The summed E-state index contributed by atoms with van der Waals surface area (Å²) in [5, 5.41) is 15.3. The van der Waals surface area contributed by atoms with Crippen molar-refractivity contribution in [3.8, 4) is 22.3 Å². The summed E-state index contributed by atoms with van der Waals surface area (Å²) in [5.41, 5.74) is 5.26. The van der Waals surface area contributed by atoms with E-state index in [1.165, 1.54) is 36.7 Å². The van der Waals surface area contributed by atoms with E-state index in [0.717, 1.165) is 38.1 Å². The van der Waals surface area contributed by atoms with Gasteiger partial charge in [0.05, 0.1) is 21.9 Å². The number of halogens is 2. The third kappa shape index (κ3) is 13.9. The Hall–Kier alpha value is -6.40. The highest BCUT2D eigenvalue weighted by Gasteiger charge is 2.31. The molecule has 0 aliphatic heterocycles. The molecule has 0 bridgehead atoms. The van der Waals surface area contributed by atoms with E-state index in [1.54, 1.807) is 97.3 Å². The number of benzene rings is 4. The molecule has 0 unspecified atom stereocenters. The Balaban J connectivity index is 0.000000204. The van der Waals surface area contributed by atoms with Gasteiger partial charge in [-0.2, -0.15) is 0 Å². The second kappa shape index (κ2) is 22.8. The fraction of sp³-hybridized carbons (Fsp3) is 0.308. The van der Waals surface area contributed by atoms with E-state index in [-0.39, 0.29) is 69.2 Å². The van der Waals surface area contributed by atoms with E-state index >= 15 is 0 Å². The first kappa shape index (κ1) is 50.5. The predicted octanol–water partition coefficient (Wildman–Crippen LogP) is 8.33. The van der Waals surface area contributed by atoms with Gasteiger partial charge in [-0.1, -0.05) is 48.5 Å². The normalized spacial score (nSPS) is 19.2. The molecular weight excluding hydrogens is 923 g/mol. The van der Waals surface area contributed by atoms with Crippen LogP contribution in [0.1, 0.15) is 88.4 Å². The second-order valence-corrected chi connectivity index (χ2v) is 21.1. The fourth-order valence-corrected chi connectivity index (χ4v) is 11.3. The van der Waals surface area contributed by atoms with Crippen LogP contribution in [0.5, 0.6) is 0 Å². The molecule has 8 rings (SSSR count). The van der Waals surface area contributed by atoms with Gasteiger partial charge in [-0.15, -0.1) is 0 Å². The first-order valence-corrected chi connectivity index (χ1v) is 26.0. The third-order valence-electron chi connectivity index (χ3n) is 12.8. The quantitative estimate of drug-likeness (QED) is 0.0532. The third-order valence-corrected chi connectivity index (χ3v) is 15.9. The van der Waals surface area contributed by atoms with Gasteiger partial charge in [0.15, 0.2) is 0 Å². The van der Waals surface area contributed by atoms with Crippen LogP contribution in [-0.2, 0) is 29.6 Å². The van der Waals surface area contributed by atoms with Gasteiger partial charge in [-0.25, -0.2) is 35.1 Å².